The van der Waals surface area contributed by atoms with Crippen molar-refractivity contribution in [2.24, 2.45) is 11.8 Å². The molecule has 15 heavy (non-hydrogen) atoms. The molecule has 1 rings (SSSR count). The van der Waals surface area contributed by atoms with Crippen LogP contribution in [0.1, 0.15) is 38.3 Å². The van der Waals surface area contributed by atoms with Crippen LogP contribution in [0, 0.1) is 5.92 Å². The molecule has 0 aromatic carbocycles. The maximum Gasteiger partial charge on any atom is 0.0758 e. The van der Waals surface area contributed by atoms with Crippen molar-refractivity contribution in [3.63, 3.8) is 0 Å². The molecule has 2 nitrogen and oxygen atoms in total. The van der Waals surface area contributed by atoms with Crippen LogP contribution in [-0.2, 0) is 0 Å². The molecule has 0 saturated heterocycles. The topological polar surface area (TPSA) is 38.0 Å². The molecule has 0 fully saturated rings. The normalized spacial score (nSPS) is 15.3. The van der Waals surface area contributed by atoms with Gasteiger partial charge in [0.15, 0.2) is 0 Å². The lowest BCUT2D eigenvalue weighted by molar-refractivity contribution is 0.368. The summed E-state index contributed by atoms with van der Waals surface area (Å²) >= 11 is 8.75. The Morgan fingerprint density at radius 1 is 1.53 bits per heavy atom. The standard InChI is InChI=1S/C10H16Br2N2S/c1-3-4-6(2)9(14-13)7-5-8(11)15-10(7)12/h5-6,9,14H,3-4,13H2,1-2H3. The first-order valence-corrected chi connectivity index (χ1v) is 7.41. The molecule has 3 N–H and O–H groups in total. The van der Waals surface area contributed by atoms with E-state index in [0.717, 1.165) is 7.57 Å². The summed E-state index contributed by atoms with van der Waals surface area (Å²) in [5.41, 5.74) is 4.16. The first kappa shape index (κ1) is 13.6. The van der Waals surface area contributed by atoms with Crippen molar-refractivity contribution in [1.82, 2.24) is 5.43 Å². The van der Waals surface area contributed by atoms with Crippen LogP contribution in [0.25, 0.3) is 0 Å². The largest absolute Gasteiger partial charge is 0.271 e. The molecule has 1 aromatic heterocycles. The Morgan fingerprint density at radius 2 is 2.20 bits per heavy atom. The summed E-state index contributed by atoms with van der Waals surface area (Å²) in [5, 5.41) is 0. The maximum atomic E-state index is 5.63. The third-order valence-corrected chi connectivity index (χ3v) is 4.90. The van der Waals surface area contributed by atoms with Crippen molar-refractivity contribution in [1.29, 1.82) is 0 Å². The van der Waals surface area contributed by atoms with E-state index in [1.54, 1.807) is 11.3 Å². The van der Waals surface area contributed by atoms with Crippen molar-refractivity contribution in [2.75, 3.05) is 0 Å². The second-order valence-corrected chi connectivity index (χ2v) is 7.44. The molecule has 1 heterocycles. The second-order valence-electron chi connectivity index (χ2n) is 3.69. The number of thiophene rings is 1. The van der Waals surface area contributed by atoms with Gasteiger partial charge in [0.05, 0.1) is 13.6 Å². The van der Waals surface area contributed by atoms with Crippen molar-refractivity contribution in [3.8, 4) is 0 Å². The molecule has 0 aliphatic heterocycles. The Labute approximate surface area is 112 Å². The Bertz CT molecular complexity index is 314. The maximum absolute atomic E-state index is 5.63. The highest BCUT2D eigenvalue weighted by atomic mass is 79.9. The number of halogens is 2. The molecular formula is C10H16Br2N2S. The van der Waals surface area contributed by atoms with Crippen LogP contribution < -0.4 is 11.3 Å². The molecule has 5 heteroatoms. The molecule has 2 atom stereocenters. The lowest BCUT2D eigenvalue weighted by Crippen LogP contribution is -2.32. The average Bonchev–Trinajstić information content (AvgIpc) is 2.47. The minimum absolute atomic E-state index is 0.224. The van der Waals surface area contributed by atoms with Crippen LogP contribution in [0.2, 0.25) is 0 Å². The lowest BCUT2D eigenvalue weighted by atomic mass is 9.93. The number of rotatable bonds is 5. The number of nitrogens with one attached hydrogen (secondary N) is 1. The number of nitrogens with two attached hydrogens (primary N) is 1. The van der Waals surface area contributed by atoms with Gasteiger partial charge in [-0.05, 0) is 55.8 Å². The summed E-state index contributed by atoms with van der Waals surface area (Å²) in [4.78, 5) is 0. The fourth-order valence-corrected chi connectivity index (χ4v) is 4.68. The highest BCUT2D eigenvalue weighted by Crippen LogP contribution is 2.38. The van der Waals surface area contributed by atoms with Gasteiger partial charge in [0.1, 0.15) is 0 Å². The highest BCUT2D eigenvalue weighted by Gasteiger charge is 2.21. The van der Waals surface area contributed by atoms with Gasteiger partial charge in [0, 0.05) is 0 Å². The Morgan fingerprint density at radius 3 is 2.60 bits per heavy atom. The molecule has 1 aromatic rings. The fourth-order valence-electron chi connectivity index (χ4n) is 1.75. The van der Waals surface area contributed by atoms with E-state index in [1.807, 2.05) is 0 Å². The van der Waals surface area contributed by atoms with Gasteiger partial charge in [0.2, 0.25) is 0 Å². The zero-order valence-electron chi connectivity index (χ0n) is 8.89. The SMILES string of the molecule is CCCC(C)C(NN)c1cc(Br)sc1Br. The van der Waals surface area contributed by atoms with Crippen molar-refractivity contribution < 1.29 is 0 Å². The Kier molecular flexibility index (Phi) is 5.77. The molecule has 0 saturated carbocycles. The minimum Gasteiger partial charge on any atom is -0.271 e. The smallest absolute Gasteiger partial charge is 0.0758 e. The Hall–Kier alpha value is 0.580. The molecule has 0 radical (unpaired) electrons. The van der Waals surface area contributed by atoms with Gasteiger partial charge in [-0.3, -0.25) is 11.3 Å². The molecule has 86 valence electrons. The third kappa shape index (κ3) is 3.53. The van der Waals surface area contributed by atoms with E-state index in [0.29, 0.717) is 5.92 Å². The van der Waals surface area contributed by atoms with Crippen LogP contribution in [-0.4, -0.2) is 0 Å². The van der Waals surface area contributed by atoms with E-state index >= 15 is 0 Å². The summed E-state index contributed by atoms with van der Waals surface area (Å²) in [6.07, 6.45) is 2.36. The Balaban J connectivity index is 2.86. The van der Waals surface area contributed by atoms with Crippen LogP contribution in [0.15, 0.2) is 13.6 Å². The number of hydrogen-bond donors (Lipinski definition) is 2. The molecule has 0 aliphatic rings. The highest BCUT2D eigenvalue weighted by molar-refractivity contribution is 9.12. The van der Waals surface area contributed by atoms with E-state index in [9.17, 15) is 0 Å². The molecule has 2 unspecified atom stereocenters. The summed E-state index contributed by atoms with van der Waals surface area (Å²) in [6, 6.07) is 2.35. The summed E-state index contributed by atoms with van der Waals surface area (Å²) in [6.45, 7) is 4.43. The third-order valence-electron chi connectivity index (χ3n) is 2.51. The zero-order valence-corrected chi connectivity index (χ0v) is 12.9. The predicted octanol–water partition coefficient (Wildman–Crippen LogP) is 4.21. The fraction of sp³-hybridized carbons (Fsp3) is 0.600. The number of hydrogen-bond acceptors (Lipinski definition) is 3. The van der Waals surface area contributed by atoms with E-state index in [1.165, 1.54) is 18.4 Å². The lowest BCUT2D eigenvalue weighted by Gasteiger charge is -2.22. The van der Waals surface area contributed by atoms with Gasteiger partial charge in [-0.2, -0.15) is 0 Å². The van der Waals surface area contributed by atoms with Crippen molar-refractivity contribution >= 4 is 43.2 Å². The number of hydrazine groups is 1. The van der Waals surface area contributed by atoms with Crippen LogP contribution in [0.5, 0.6) is 0 Å². The quantitative estimate of drug-likeness (QED) is 0.613. The molecule has 0 aliphatic carbocycles. The monoisotopic (exact) mass is 354 g/mol. The summed E-state index contributed by atoms with van der Waals surface area (Å²) in [7, 11) is 0. The van der Waals surface area contributed by atoms with E-state index in [2.05, 4.69) is 57.2 Å². The van der Waals surface area contributed by atoms with Gasteiger partial charge in [-0.25, -0.2) is 0 Å². The van der Waals surface area contributed by atoms with Gasteiger partial charge in [0.25, 0.3) is 0 Å². The van der Waals surface area contributed by atoms with Gasteiger partial charge < -0.3 is 0 Å². The van der Waals surface area contributed by atoms with Crippen LogP contribution in [0.4, 0.5) is 0 Å². The first-order chi connectivity index (χ1) is 7.10. The van der Waals surface area contributed by atoms with Gasteiger partial charge >= 0.3 is 0 Å². The zero-order chi connectivity index (χ0) is 11.4. The average molecular weight is 356 g/mol. The van der Waals surface area contributed by atoms with Gasteiger partial charge in [-0.1, -0.05) is 20.3 Å². The van der Waals surface area contributed by atoms with Crippen LogP contribution >= 0.6 is 43.2 Å². The summed E-state index contributed by atoms with van der Waals surface area (Å²) in [5.74, 6) is 6.17. The molecule has 0 amide bonds. The molecule has 0 bridgehead atoms. The van der Waals surface area contributed by atoms with Crippen molar-refractivity contribution in [2.45, 2.75) is 32.7 Å². The van der Waals surface area contributed by atoms with Crippen LogP contribution in [0.3, 0.4) is 0 Å². The minimum atomic E-state index is 0.224. The predicted molar refractivity (Wildman–Crippen MR) is 73.9 cm³/mol. The molecule has 0 spiro atoms. The van der Waals surface area contributed by atoms with Crippen molar-refractivity contribution in [3.05, 3.63) is 19.2 Å². The second kappa shape index (κ2) is 6.35. The van der Waals surface area contributed by atoms with Gasteiger partial charge in [-0.15, -0.1) is 11.3 Å². The first-order valence-electron chi connectivity index (χ1n) is 5.01. The van der Waals surface area contributed by atoms with E-state index in [4.69, 9.17) is 5.84 Å². The molecular weight excluding hydrogens is 340 g/mol. The van der Waals surface area contributed by atoms with E-state index < -0.39 is 0 Å². The van der Waals surface area contributed by atoms with E-state index in [-0.39, 0.29) is 6.04 Å². The summed E-state index contributed by atoms with van der Waals surface area (Å²) < 4.78 is 2.29.